The Balaban J connectivity index is 2.54. The molecule has 0 fully saturated rings. The van der Waals surface area contributed by atoms with Gasteiger partial charge in [-0.05, 0) is 15.4 Å². The van der Waals surface area contributed by atoms with E-state index in [-0.39, 0.29) is 23.3 Å². The fourth-order valence-electron chi connectivity index (χ4n) is 3.48. The van der Waals surface area contributed by atoms with Gasteiger partial charge in [-0.25, -0.2) is 13.6 Å². The lowest BCUT2D eigenvalue weighted by atomic mass is 10.2. The molecule has 0 saturated carbocycles. The molecule has 0 bridgehead atoms. The number of hydrogen-bond acceptors (Lipinski definition) is 3. The highest BCUT2D eigenvalue weighted by Crippen LogP contribution is 2.37. The van der Waals surface area contributed by atoms with E-state index in [9.17, 15) is 8.42 Å². The maximum absolute atomic E-state index is 11.5. The first-order valence-corrected chi connectivity index (χ1v) is 12.6. The van der Waals surface area contributed by atoms with E-state index in [4.69, 9.17) is 9.56 Å². The molecule has 2 aromatic rings. The van der Waals surface area contributed by atoms with Crippen LogP contribution in [0.5, 0.6) is 0 Å². The van der Waals surface area contributed by atoms with Gasteiger partial charge in [0.2, 0.25) is 10.0 Å². The van der Waals surface area contributed by atoms with Crippen molar-refractivity contribution >= 4 is 28.7 Å². The lowest BCUT2D eigenvalue weighted by molar-refractivity contribution is 0.268. The molecule has 0 aromatic heterocycles. The molecular formula is C21H29NO3SSi. The van der Waals surface area contributed by atoms with Gasteiger partial charge in [0, 0.05) is 12.5 Å². The highest BCUT2D eigenvalue weighted by atomic mass is 32.2. The van der Waals surface area contributed by atoms with Gasteiger partial charge in [-0.15, -0.1) is 6.58 Å². The van der Waals surface area contributed by atoms with Crippen LogP contribution in [-0.4, -0.2) is 29.1 Å². The molecule has 6 heteroatoms. The lowest BCUT2D eigenvalue weighted by Gasteiger charge is -2.43. The number of primary sulfonamides is 1. The van der Waals surface area contributed by atoms with Crippen LogP contribution in [-0.2, 0) is 14.4 Å². The first-order chi connectivity index (χ1) is 12.6. The van der Waals surface area contributed by atoms with Gasteiger partial charge in [0.25, 0.3) is 8.32 Å². The summed E-state index contributed by atoms with van der Waals surface area (Å²) in [5, 5.41) is 7.39. The van der Waals surface area contributed by atoms with Gasteiger partial charge in [0.15, 0.2) is 0 Å². The maximum atomic E-state index is 11.5. The van der Waals surface area contributed by atoms with Crippen LogP contribution in [0.25, 0.3) is 0 Å². The number of nitrogens with two attached hydrogens (primary N) is 1. The third kappa shape index (κ3) is 5.16. The second-order valence-electron chi connectivity index (χ2n) is 7.80. The monoisotopic (exact) mass is 403 g/mol. The van der Waals surface area contributed by atoms with Gasteiger partial charge >= 0.3 is 0 Å². The van der Waals surface area contributed by atoms with Gasteiger partial charge in [-0.3, -0.25) is 0 Å². The van der Waals surface area contributed by atoms with E-state index < -0.39 is 18.3 Å². The summed E-state index contributed by atoms with van der Waals surface area (Å²) in [6, 6.07) is 20.5. The van der Waals surface area contributed by atoms with Crippen LogP contribution in [0.2, 0.25) is 5.04 Å². The third-order valence-electron chi connectivity index (χ3n) is 4.71. The van der Waals surface area contributed by atoms with Gasteiger partial charge in [-0.1, -0.05) is 87.5 Å². The minimum Gasteiger partial charge on any atom is -0.407 e. The summed E-state index contributed by atoms with van der Waals surface area (Å²) in [7, 11) is -6.29. The van der Waals surface area contributed by atoms with E-state index in [1.165, 1.54) is 0 Å². The van der Waals surface area contributed by atoms with Crippen molar-refractivity contribution < 1.29 is 12.8 Å². The average Bonchev–Trinajstić information content (AvgIpc) is 2.61. The molecule has 0 radical (unpaired) electrons. The van der Waals surface area contributed by atoms with Crippen molar-refractivity contribution in [3.63, 3.8) is 0 Å². The van der Waals surface area contributed by atoms with Crippen molar-refractivity contribution in [3.8, 4) is 0 Å². The van der Waals surface area contributed by atoms with Crippen LogP contribution in [0, 0.1) is 5.92 Å². The number of sulfonamides is 1. The number of rotatable bonds is 8. The van der Waals surface area contributed by atoms with Crippen LogP contribution < -0.4 is 15.5 Å². The molecule has 0 saturated heterocycles. The molecular weight excluding hydrogens is 374 g/mol. The number of benzene rings is 2. The third-order valence-corrected chi connectivity index (χ3v) is 10.6. The molecule has 27 heavy (non-hydrogen) atoms. The second-order valence-corrected chi connectivity index (χ2v) is 13.8. The molecule has 146 valence electrons. The van der Waals surface area contributed by atoms with E-state index in [1.54, 1.807) is 6.08 Å². The quantitative estimate of drug-likeness (QED) is 0.544. The minimum absolute atomic E-state index is 0.164. The second kappa shape index (κ2) is 8.52. The molecule has 2 aromatic carbocycles. The Morgan fingerprint density at radius 1 is 1.04 bits per heavy atom. The summed E-state index contributed by atoms with van der Waals surface area (Å²) in [6.07, 6.45) is 1.61. The summed E-state index contributed by atoms with van der Waals surface area (Å²) >= 11 is 0. The SMILES string of the molecule is C=C[C@@H](CO[Si](c1ccccc1)(c1ccccc1)C(C)(C)C)CS(N)(=O)=O. The molecule has 1 atom stereocenters. The summed E-state index contributed by atoms with van der Waals surface area (Å²) in [4.78, 5) is 0. The highest BCUT2D eigenvalue weighted by molar-refractivity contribution is 7.89. The van der Waals surface area contributed by atoms with Crippen molar-refractivity contribution in [2.75, 3.05) is 12.4 Å². The molecule has 0 amide bonds. The molecule has 0 aliphatic carbocycles. The van der Waals surface area contributed by atoms with Crippen molar-refractivity contribution in [1.82, 2.24) is 0 Å². The van der Waals surface area contributed by atoms with Gasteiger partial charge in [0.1, 0.15) is 0 Å². The topological polar surface area (TPSA) is 69.4 Å². The largest absolute Gasteiger partial charge is 0.407 e. The van der Waals surface area contributed by atoms with E-state index in [0.717, 1.165) is 10.4 Å². The van der Waals surface area contributed by atoms with Gasteiger partial charge < -0.3 is 4.43 Å². The van der Waals surface area contributed by atoms with Crippen molar-refractivity contribution in [2.45, 2.75) is 25.8 Å². The van der Waals surface area contributed by atoms with Crippen molar-refractivity contribution in [1.29, 1.82) is 0 Å². The Hall–Kier alpha value is -1.73. The Bertz CT molecular complexity index is 807. The standard InChI is InChI=1S/C21H29NO3SSi/c1-5-18(17-26(22,23)24)16-25-27(21(2,3)4,19-12-8-6-9-13-19)20-14-10-7-11-15-20/h5-15,18H,1,16-17H2,2-4H3,(H2,22,23,24)/t18-/m0/s1. The Morgan fingerprint density at radius 3 is 1.81 bits per heavy atom. The Morgan fingerprint density at radius 2 is 1.48 bits per heavy atom. The van der Waals surface area contributed by atoms with Crippen molar-refractivity contribution in [3.05, 3.63) is 73.3 Å². The summed E-state index contributed by atoms with van der Waals surface area (Å²) in [6.45, 7) is 10.6. The van der Waals surface area contributed by atoms with E-state index in [0.29, 0.717) is 0 Å². The smallest absolute Gasteiger partial charge is 0.261 e. The molecule has 0 aliphatic rings. The zero-order chi connectivity index (χ0) is 20.1. The predicted molar refractivity (Wildman–Crippen MR) is 115 cm³/mol. The van der Waals surface area contributed by atoms with Crippen LogP contribution in [0.4, 0.5) is 0 Å². The molecule has 0 aliphatic heterocycles. The normalized spacial score (nSPS) is 13.9. The zero-order valence-corrected chi connectivity index (χ0v) is 18.1. The predicted octanol–water partition coefficient (Wildman–Crippen LogP) is 2.65. The van der Waals surface area contributed by atoms with Gasteiger partial charge in [0.05, 0.1) is 5.75 Å². The van der Waals surface area contributed by atoms with E-state index >= 15 is 0 Å². The molecule has 0 heterocycles. The van der Waals surface area contributed by atoms with Crippen LogP contribution in [0.15, 0.2) is 73.3 Å². The Labute approximate surface area is 164 Å². The first-order valence-electron chi connectivity index (χ1n) is 8.98. The molecule has 0 spiro atoms. The Kier molecular flexibility index (Phi) is 6.81. The van der Waals surface area contributed by atoms with Crippen molar-refractivity contribution in [2.24, 2.45) is 11.1 Å². The summed E-state index contributed by atoms with van der Waals surface area (Å²) in [5.74, 6) is -0.532. The fraction of sp³-hybridized carbons (Fsp3) is 0.333. The summed E-state index contributed by atoms with van der Waals surface area (Å²) < 4.78 is 29.8. The van der Waals surface area contributed by atoms with Gasteiger partial charge in [-0.2, -0.15) is 0 Å². The molecule has 4 nitrogen and oxygen atoms in total. The van der Waals surface area contributed by atoms with Crippen LogP contribution >= 0.6 is 0 Å². The zero-order valence-electron chi connectivity index (χ0n) is 16.3. The molecule has 2 N–H and O–H groups in total. The van der Waals surface area contributed by atoms with Crippen LogP contribution in [0.3, 0.4) is 0 Å². The number of hydrogen-bond donors (Lipinski definition) is 1. The average molecular weight is 404 g/mol. The molecule has 0 unspecified atom stereocenters. The summed E-state index contributed by atoms with van der Waals surface area (Å²) in [5.41, 5.74) is 0. The minimum atomic E-state index is -3.60. The first kappa shape index (κ1) is 21.6. The fourth-order valence-corrected chi connectivity index (χ4v) is 8.92. The van der Waals surface area contributed by atoms with E-state index in [1.807, 2.05) is 36.4 Å². The lowest BCUT2D eigenvalue weighted by Crippen LogP contribution is -2.67. The van der Waals surface area contributed by atoms with Crippen LogP contribution in [0.1, 0.15) is 20.8 Å². The maximum Gasteiger partial charge on any atom is 0.261 e. The highest BCUT2D eigenvalue weighted by Gasteiger charge is 2.50. The van der Waals surface area contributed by atoms with E-state index in [2.05, 4.69) is 51.6 Å². The molecule has 2 rings (SSSR count).